The lowest BCUT2D eigenvalue weighted by Gasteiger charge is -2.49. The van der Waals surface area contributed by atoms with Crippen LogP contribution in [-0.4, -0.2) is 42.4 Å². The highest BCUT2D eigenvalue weighted by atomic mass is 35.5. The van der Waals surface area contributed by atoms with Crippen LogP contribution >= 0.6 is 22.9 Å². The number of hydrogen-bond acceptors (Lipinski definition) is 6. The smallest absolute Gasteiger partial charge is 0.289 e. The number of thiophene rings is 1. The van der Waals surface area contributed by atoms with Crippen molar-refractivity contribution in [3.8, 4) is 0 Å². The minimum atomic E-state index is -0.265. The lowest BCUT2D eigenvalue weighted by Crippen LogP contribution is -2.55. The van der Waals surface area contributed by atoms with Crippen molar-refractivity contribution in [1.29, 1.82) is 0 Å². The summed E-state index contributed by atoms with van der Waals surface area (Å²) in [5.74, 6) is 1.14. The molecule has 2 aromatic heterocycles. The van der Waals surface area contributed by atoms with Gasteiger partial charge in [-0.15, -0.1) is 11.3 Å². The fourth-order valence-corrected chi connectivity index (χ4v) is 8.89. The number of nitrogens with zero attached hydrogens (tertiary/aromatic N) is 2. The van der Waals surface area contributed by atoms with Gasteiger partial charge in [0.2, 0.25) is 0 Å². The van der Waals surface area contributed by atoms with Gasteiger partial charge in [-0.25, -0.2) is 0 Å². The summed E-state index contributed by atoms with van der Waals surface area (Å²) in [6.45, 7) is 6.68. The highest BCUT2D eigenvalue weighted by Gasteiger charge is 2.46. The summed E-state index contributed by atoms with van der Waals surface area (Å²) in [5, 5.41) is 10.7. The van der Waals surface area contributed by atoms with E-state index in [9.17, 15) is 4.79 Å². The van der Waals surface area contributed by atoms with Crippen LogP contribution in [0.3, 0.4) is 0 Å². The minimum absolute atomic E-state index is 0.0281. The molecule has 1 amide bonds. The number of likely N-dealkylation sites (tertiary alicyclic amines) is 1. The van der Waals surface area contributed by atoms with Gasteiger partial charge < -0.3 is 20.0 Å². The largest absolute Gasteiger partial charge is 0.450 e. The van der Waals surface area contributed by atoms with Crippen molar-refractivity contribution >= 4 is 45.5 Å². The molecule has 2 fully saturated rings. The SMILES string of the molecule is C=C1Nc2c(Cl)cc3cc(C(=O)N4CCC5(CC4)c4sccc4CCN5C)oc3c2C2(CCCCC2)N1. The summed E-state index contributed by atoms with van der Waals surface area (Å²) in [6.07, 6.45) is 8.49. The molecule has 0 unspecified atom stereocenters. The molecule has 6 nitrogen and oxygen atoms in total. The Labute approximate surface area is 226 Å². The molecule has 37 heavy (non-hydrogen) atoms. The van der Waals surface area contributed by atoms with E-state index in [2.05, 4.69) is 40.6 Å². The van der Waals surface area contributed by atoms with Gasteiger partial charge in [0.05, 0.1) is 27.6 Å². The number of carbonyl (C=O) groups excluding carboxylic acids is 1. The van der Waals surface area contributed by atoms with Gasteiger partial charge in [-0.2, -0.15) is 0 Å². The van der Waals surface area contributed by atoms with Gasteiger partial charge >= 0.3 is 0 Å². The van der Waals surface area contributed by atoms with E-state index >= 15 is 0 Å². The molecule has 1 saturated heterocycles. The Hall–Kier alpha value is -2.48. The minimum Gasteiger partial charge on any atom is -0.450 e. The van der Waals surface area contributed by atoms with Crippen LogP contribution in [0.15, 0.2) is 40.4 Å². The molecule has 1 saturated carbocycles. The molecule has 2 N–H and O–H groups in total. The van der Waals surface area contributed by atoms with Gasteiger partial charge in [-0.1, -0.05) is 37.4 Å². The van der Waals surface area contributed by atoms with Crippen LogP contribution < -0.4 is 10.6 Å². The van der Waals surface area contributed by atoms with Crippen molar-refractivity contribution in [3.63, 3.8) is 0 Å². The van der Waals surface area contributed by atoms with Crippen molar-refractivity contribution in [1.82, 2.24) is 15.1 Å². The highest BCUT2D eigenvalue weighted by molar-refractivity contribution is 7.10. The maximum absolute atomic E-state index is 13.7. The van der Waals surface area contributed by atoms with E-state index < -0.39 is 0 Å². The summed E-state index contributed by atoms with van der Waals surface area (Å²) >= 11 is 8.66. The Morgan fingerprint density at radius 1 is 1.14 bits per heavy atom. The fraction of sp³-hybridized carbons (Fsp3) is 0.483. The van der Waals surface area contributed by atoms with Crippen molar-refractivity contribution in [2.24, 2.45) is 0 Å². The van der Waals surface area contributed by atoms with E-state index in [0.717, 1.165) is 92.6 Å². The molecule has 1 aromatic carbocycles. The van der Waals surface area contributed by atoms with Crippen LogP contribution in [0.1, 0.15) is 71.5 Å². The summed E-state index contributed by atoms with van der Waals surface area (Å²) in [5.41, 5.74) is 3.95. The third-order valence-corrected chi connectivity index (χ3v) is 10.8. The zero-order valence-corrected chi connectivity index (χ0v) is 22.9. The Morgan fingerprint density at radius 2 is 1.92 bits per heavy atom. The summed E-state index contributed by atoms with van der Waals surface area (Å²) < 4.78 is 6.43. The molecule has 0 bridgehead atoms. The number of benzene rings is 1. The molecule has 5 heterocycles. The van der Waals surface area contributed by atoms with Gasteiger partial charge in [0.15, 0.2) is 5.76 Å². The lowest BCUT2D eigenvalue weighted by atomic mass is 9.74. The van der Waals surface area contributed by atoms with Crippen molar-refractivity contribution in [2.75, 3.05) is 32.0 Å². The standard InChI is InChI=1S/C29H33ClN4O2S/c1-18-31-24-21(30)16-20-17-22(36-25(20)23(24)28(32-18)8-4-3-5-9-28)27(35)34-13-10-29(11-14-34)26-19(7-15-37-26)6-12-33(29)2/h7,15-17,31-32H,1,3-6,8-14H2,2H3. The monoisotopic (exact) mass is 536 g/mol. The van der Waals surface area contributed by atoms with Gasteiger partial charge in [-0.3, -0.25) is 9.69 Å². The zero-order valence-electron chi connectivity index (χ0n) is 21.3. The number of likely N-dealkylation sites (N-methyl/N-ethyl adjacent to an activating group) is 1. The van der Waals surface area contributed by atoms with Crippen LogP contribution in [0.2, 0.25) is 5.02 Å². The predicted octanol–water partition coefficient (Wildman–Crippen LogP) is 6.41. The Balaban J connectivity index is 1.21. The third-order valence-electron chi connectivity index (χ3n) is 9.32. The Morgan fingerprint density at radius 3 is 2.70 bits per heavy atom. The van der Waals surface area contributed by atoms with Crippen molar-refractivity contribution < 1.29 is 9.21 Å². The maximum atomic E-state index is 13.7. The third kappa shape index (κ3) is 3.50. The quantitative estimate of drug-likeness (QED) is 0.376. The summed E-state index contributed by atoms with van der Waals surface area (Å²) in [6, 6.07) is 6.08. The van der Waals surface area contributed by atoms with Gasteiger partial charge in [0.25, 0.3) is 5.91 Å². The second kappa shape index (κ2) is 8.52. The van der Waals surface area contributed by atoms with E-state index in [0.29, 0.717) is 10.8 Å². The predicted molar refractivity (Wildman–Crippen MR) is 149 cm³/mol. The van der Waals surface area contributed by atoms with Crippen LogP contribution in [0.5, 0.6) is 0 Å². The molecular formula is C29H33ClN4O2S. The van der Waals surface area contributed by atoms with Gasteiger partial charge in [-0.05, 0) is 68.3 Å². The number of furan rings is 1. The number of fused-ring (bicyclic) bond motifs is 6. The first kappa shape index (κ1) is 23.6. The molecule has 194 valence electrons. The molecular weight excluding hydrogens is 504 g/mol. The molecule has 1 aliphatic carbocycles. The lowest BCUT2D eigenvalue weighted by molar-refractivity contribution is 0.0260. The number of nitrogens with one attached hydrogen (secondary N) is 2. The van der Waals surface area contributed by atoms with Gasteiger partial charge in [0, 0.05) is 35.5 Å². The number of rotatable bonds is 1. The first-order valence-electron chi connectivity index (χ1n) is 13.5. The highest BCUT2D eigenvalue weighted by Crippen LogP contribution is 2.50. The average Bonchev–Trinajstić information content (AvgIpc) is 3.55. The number of halogens is 1. The zero-order chi connectivity index (χ0) is 25.4. The molecule has 4 aliphatic rings. The molecule has 3 aromatic rings. The van der Waals surface area contributed by atoms with Crippen molar-refractivity contribution in [3.05, 3.63) is 62.8 Å². The average molecular weight is 537 g/mol. The number of hydrogen-bond donors (Lipinski definition) is 2. The second-order valence-corrected chi connectivity index (χ2v) is 12.6. The van der Waals surface area contributed by atoms with E-state index in [1.807, 2.05) is 28.4 Å². The molecule has 0 atom stereocenters. The number of anilines is 1. The summed E-state index contributed by atoms with van der Waals surface area (Å²) in [7, 11) is 2.24. The fourth-order valence-electron chi connectivity index (χ4n) is 7.36. The van der Waals surface area contributed by atoms with E-state index in [-0.39, 0.29) is 17.0 Å². The number of carbonyl (C=O) groups is 1. The Bertz CT molecular complexity index is 1410. The first-order valence-corrected chi connectivity index (χ1v) is 14.7. The molecule has 0 radical (unpaired) electrons. The maximum Gasteiger partial charge on any atom is 0.289 e. The van der Waals surface area contributed by atoms with E-state index in [4.69, 9.17) is 16.0 Å². The molecule has 7 rings (SSSR count). The van der Waals surface area contributed by atoms with Crippen LogP contribution in [0, 0.1) is 0 Å². The molecule has 8 heteroatoms. The second-order valence-electron chi connectivity index (χ2n) is 11.3. The van der Waals surface area contributed by atoms with E-state index in [1.54, 1.807) is 0 Å². The van der Waals surface area contributed by atoms with Crippen LogP contribution in [0.25, 0.3) is 11.0 Å². The molecule has 2 spiro atoms. The van der Waals surface area contributed by atoms with E-state index in [1.165, 1.54) is 16.9 Å². The van der Waals surface area contributed by atoms with Crippen LogP contribution in [-0.2, 0) is 17.5 Å². The summed E-state index contributed by atoms with van der Waals surface area (Å²) in [4.78, 5) is 19.7. The Kier molecular flexibility index (Phi) is 5.44. The molecule has 3 aliphatic heterocycles. The van der Waals surface area contributed by atoms with Crippen molar-refractivity contribution in [2.45, 2.75) is 62.4 Å². The number of piperidine rings is 1. The normalized spacial score (nSPS) is 22.5. The first-order chi connectivity index (χ1) is 17.9. The number of amides is 1. The topological polar surface area (TPSA) is 60.8 Å². The van der Waals surface area contributed by atoms with Crippen LogP contribution in [0.4, 0.5) is 5.69 Å². The van der Waals surface area contributed by atoms with Gasteiger partial charge in [0.1, 0.15) is 5.58 Å².